The number of hydrogen-bond donors (Lipinski definition) is 0. The lowest BCUT2D eigenvalue weighted by atomic mass is 10.1. The van der Waals surface area contributed by atoms with Gasteiger partial charge in [-0.15, -0.1) is 11.3 Å². The molecule has 5 nitrogen and oxygen atoms in total. The zero-order valence-electron chi connectivity index (χ0n) is 19.2. The van der Waals surface area contributed by atoms with Crippen molar-refractivity contribution in [1.29, 1.82) is 0 Å². The molecule has 4 aromatic rings. The minimum Gasteiger partial charge on any atom is -0.490 e. The Hall–Kier alpha value is -3.06. The molecular formula is C27H23Cl2NO4S. The molecule has 0 spiro atoms. The van der Waals surface area contributed by atoms with E-state index in [1.165, 1.54) is 11.3 Å². The Bertz CT molecular complexity index is 1380. The van der Waals surface area contributed by atoms with Crippen molar-refractivity contribution in [3.63, 3.8) is 0 Å². The third-order valence-corrected chi connectivity index (χ3v) is 6.72. The number of carbonyl (C=O) groups excluding carboxylic acids is 1. The molecule has 0 saturated carbocycles. The molecule has 180 valence electrons. The lowest BCUT2D eigenvalue weighted by Gasteiger charge is -2.13. The first-order chi connectivity index (χ1) is 17.0. The number of thiophene rings is 1. The summed E-state index contributed by atoms with van der Waals surface area (Å²) in [6.45, 7) is 4.74. The number of carbonyl (C=O) groups is 1. The van der Waals surface area contributed by atoms with Crippen molar-refractivity contribution < 1.29 is 19.0 Å². The van der Waals surface area contributed by atoms with Gasteiger partial charge >= 0.3 is 5.97 Å². The molecule has 3 aromatic carbocycles. The number of esters is 1. The summed E-state index contributed by atoms with van der Waals surface area (Å²) in [5, 5.41) is 2.55. The van der Waals surface area contributed by atoms with E-state index in [0.717, 1.165) is 21.2 Å². The summed E-state index contributed by atoms with van der Waals surface area (Å²) >= 11 is 13.7. The van der Waals surface area contributed by atoms with Crippen molar-refractivity contribution in [2.45, 2.75) is 20.5 Å². The molecule has 4 rings (SSSR count). The fourth-order valence-electron chi connectivity index (χ4n) is 3.44. The van der Waals surface area contributed by atoms with E-state index in [4.69, 9.17) is 37.4 Å². The molecular weight excluding hydrogens is 505 g/mol. The Morgan fingerprint density at radius 1 is 0.971 bits per heavy atom. The summed E-state index contributed by atoms with van der Waals surface area (Å²) in [7, 11) is 0. The van der Waals surface area contributed by atoms with Crippen LogP contribution in [0, 0.1) is 0 Å². The van der Waals surface area contributed by atoms with Gasteiger partial charge < -0.3 is 14.2 Å². The average molecular weight is 528 g/mol. The number of benzene rings is 3. The Labute approximate surface area is 217 Å². The van der Waals surface area contributed by atoms with Crippen LogP contribution in [0.5, 0.6) is 11.5 Å². The first-order valence-electron chi connectivity index (χ1n) is 11.1. The third-order valence-electron chi connectivity index (χ3n) is 5.05. The third kappa shape index (κ3) is 5.96. The Morgan fingerprint density at radius 2 is 1.80 bits per heavy atom. The van der Waals surface area contributed by atoms with Crippen molar-refractivity contribution >= 4 is 61.8 Å². The van der Waals surface area contributed by atoms with E-state index in [2.05, 4.69) is 4.99 Å². The summed E-state index contributed by atoms with van der Waals surface area (Å²) in [6, 6.07) is 18.5. The topological polar surface area (TPSA) is 57.1 Å². The molecule has 0 fully saturated rings. The smallest absolute Gasteiger partial charge is 0.341 e. The van der Waals surface area contributed by atoms with E-state index < -0.39 is 0 Å². The molecule has 0 bridgehead atoms. The highest BCUT2D eigenvalue weighted by Gasteiger charge is 2.19. The van der Waals surface area contributed by atoms with Crippen LogP contribution in [0.4, 0.5) is 5.00 Å². The van der Waals surface area contributed by atoms with Gasteiger partial charge in [0.05, 0.1) is 13.2 Å². The fraction of sp³-hybridized carbons (Fsp3) is 0.185. The quantitative estimate of drug-likeness (QED) is 0.163. The van der Waals surface area contributed by atoms with Gasteiger partial charge in [-0.05, 0) is 55.8 Å². The van der Waals surface area contributed by atoms with Gasteiger partial charge in [-0.3, -0.25) is 0 Å². The molecule has 35 heavy (non-hydrogen) atoms. The van der Waals surface area contributed by atoms with Crippen LogP contribution in [0.2, 0.25) is 10.0 Å². The molecule has 1 aromatic heterocycles. The molecule has 0 atom stereocenters. The standard InChI is InChI=1S/C27H23Cl2NO4S/c1-3-32-23-13-17(9-12-22(23)34-16-18-10-11-19(28)14-21(18)29)15-30-26-25(27(31)33-4-2)20-7-5-6-8-24(20)35-26/h5-15H,3-4,16H2,1-2H3. The maximum Gasteiger partial charge on any atom is 0.341 e. The molecule has 0 aliphatic carbocycles. The molecule has 0 saturated heterocycles. The van der Waals surface area contributed by atoms with Gasteiger partial charge in [0.1, 0.15) is 17.2 Å². The Kier molecular flexibility index (Phi) is 8.29. The minimum atomic E-state index is -0.378. The number of rotatable bonds is 9. The van der Waals surface area contributed by atoms with Gasteiger partial charge in [-0.25, -0.2) is 9.79 Å². The van der Waals surface area contributed by atoms with Crippen LogP contribution in [-0.4, -0.2) is 25.4 Å². The van der Waals surface area contributed by atoms with Crippen molar-refractivity contribution in [1.82, 2.24) is 0 Å². The van der Waals surface area contributed by atoms with E-state index in [0.29, 0.717) is 45.3 Å². The number of aliphatic imine (C=N–C) groups is 1. The minimum absolute atomic E-state index is 0.272. The van der Waals surface area contributed by atoms with E-state index in [9.17, 15) is 4.79 Å². The average Bonchev–Trinajstić information content (AvgIpc) is 3.22. The maximum atomic E-state index is 12.6. The van der Waals surface area contributed by atoms with Crippen molar-refractivity contribution in [2.24, 2.45) is 4.99 Å². The number of hydrogen-bond acceptors (Lipinski definition) is 6. The van der Waals surface area contributed by atoms with Crippen LogP contribution in [0.1, 0.15) is 35.3 Å². The van der Waals surface area contributed by atoms with Crippen LogP contribution < -0.4 is 9.47 Å². The molecule has 0 N–H and O–H groups in total. The van der Waals surface area contributed by atoms with Crippen LogP contribution in [0.3, 0.4) is 0 Å². The number of ether oxygens (including phenoxy) is 3. The highest BCUT2D eigenvalue weighted by Crippen LogP contribution is 2.38. The summed E-state index contributed by atoms with van der Waals surface area (Å²) < 4.78 is 18.0. The zero-order valence-corrected chi connectivity index (χ0v) is 21.5. The highest BCUT2D eigenvalue weighted by atomic mass is 35.5. The molecule has 0 aliphatic heterocycles. The normalized spacial score (nSPS) is 11.2. The predicted octanol–water partition coefficient (Wildman–Crippen LogP) is 8.11. The van der Waals surface area contributed by atoms with Crippen LogP contribution in [-0.2, 0) is 11.3 Å². The van der Waals surface area contributed by atoms with Gasteiger partial charge in [0.2, 0.25) is 0 Å². The molecule has 0 radical (unpaired) electrons. The van der Waals surface area contributed by atoms with Gasteiger partial charge in [-0.2, -0.15) is 0 Å². The summed E-state index contributed by atoms with van der Waals surface area (Å²) in [6.07, 6.45) is 1.70. The highest BCUT2D eigenvalue weighted by molar-refractivity contribution is 7.23. The van der Waals surface area contributed by atoms with Crippen LogP contribution in [0.15, 0.2) is 65.7 Å². The van der Waals surface area contributed by atoms with Crippen molar-refractivity contribution in [3.8, 4) is 11.5 Å². The Morgan fingerprint density at radius 3 is 2.57 bits per heavy atom. The van der Waals surface area contributed by atoms with Gasteiger partial charge in [0.25, 0.3) is 0 Å². The number of nitrogens with zero attached hydrogens (tertiary/aromatic N) is 1. The summed E-state index contributed by atoms with van der Waals surface area (Å²) in [5.74, 6) is 0.796. The number of fused-ring (bicyclic) bond motifs is 1. The second kappa shape index (κ2) is 11.6. The van der Waals surface area contributed by atoms with Gasteiger partial charge in [0, 0.05) is 31.9 Å². The van der Waals surface area contributed by atoms with E-state index in [-0.39, 0.29) is 12.6 Å². The second-order valence-electron chi connectivity index (χ2n) is 7.42. The summed E-state index contributed by atoms with van der Waals surface area (Å²) in [5.41, 5.74) is 2.10. The van der Waals surface area contributed by atoms with E-state index >= 15 is 0 Å². The van der Waals surface area contributed by atoms with Crippen molar-refractivity contribution in [3.05, 3.63) is 87.4 Å². The first kappa shape index (κ1) is 25.0. The van der Waals surface area contributed by atoms with Crippen molar-refractivity contribution in [2.75, 3.05) is 13.2 Å². The van der Waals surface area contributed by atoms with E-state index in [1.807, 2.05) is 55.5 Å². The lowest BCUT2D eigenvalue weighted by Crippen LogP contribution is -2.04. The fourth-order valence-corrected chi connectivity index (χ4v) is 4.94. The number of halogens is 2. The molecule has 0 aliphatic rings. The molecule has 1 heterocycles. The SMILES string of the molecule is CCOC(=O)c1c(N=Cc2ccc(OCc3ccc(Cl)cc3Cl)c(OCC)c2)sc2ccccc12. The van der Waals surface area contributed by atoms with Crippen LogP contribution in [0.25, 0.3) is 10.1 Å². The first-order valence-corrected chi connectivity index (χ1v) is 12.6. The van der Waals surface area contributed by atoms with Gasteiger partial charge in [0.15, 0.2) is 11.5 Å². The monoisotopic (exact) mass is 527 g/mol. The van der Waals surface area contributed by atoms with Crippen LogP contribution >= 0.6 is 34.5 Å². The largest absolute Gasteiger partial charge is 0.490 e. The molecule has 0 unspecified atom stereocenters. The maximum absolute atomic E-state index is 12.6. The second-order valence-corrected chi connectivity index (χ2v) is 9.29. The zero-order chi connectivity index (χ0) is 24.8. The summed E-state index contributed by atoms with van der Waals surface area (Å²) in [4.78, 5) is 17.3. The Balaban J connectivity index is 1.59. The van der Waals surface area contributed by atoms with E-state index in [1.54, 1.807) is 25.3 Å². The lowest BCUT2D eigenvalue weighted by molar-refractivity contribution is 0.0530. The molecule has 8 heteroatoms. The van der Waals surface area contributed by atoms with Gasteiger partial charge in [-0.1, -0.05) is 47.5 Å². The predicted molar refractivity (Wildman–Crippen MR) is 143 cm³/mol. The molecule has 0 amide bonds.